The molecule has 33 heavy (non-hydrogen) atoms. The molecular formula is C27H29N3O3. The zero-order valence-corrected chi connectivity index (χ0v) is 18.7. The molecule has 1 heterocycles. The van der Waals surface area contributed by atoms with Crippen LogP contribution in [0.3, 0.4) is 0 Å². The van der Waals surface area contributed by atoms with Crippen LogP contribution in [-0.4, -0.2) is 38.1 Å². The first-order valence-electron chi connectivity index (χ1n) is 11.4. The number of esters is 1. The fourth-order valence-corrected chi connectivity index (χ4v) is 3.97. The zero-order valence-electron chi connectivity index (χ0n) is 18.7. The van der Waals surface area contributed by atoms with Gasteiger partial charge in [-0.2, -0.15) is 0 Å². The molecule has 0 unspecified atom stereocenters. The van der Waals surface area contributed by atoms with Crippen LogP contribution in [0.25, 0.3) is 0 Å². The van der Waals surface area contributed by atoms with Gasteiger partial charge in [-0.25, -0.2) is 0 Å². The number of carbonyl (C=O) groups excluding carboxylic acids is 2. The third-order valence-electron chi connectivity index (χ3n) is 5.66. The van der Waals surface area contributed by atoms with Crippen molar-refractivity contribution in [2.24, 2.45) is 0 Å². The van der Waals surface area contributed by atoms with E-state index in [1.807, 2.05) is 89.8 Å². The predicted octanol–water partition coefficient (Wildman–Crippen LogP) is 5.00. The SMILES string of the molecule is O=C(COC(=O)CN(c1ccccc1)c1ccccc1)Nc1ccc(N2CCCCC2)cc1. The number of ether oxygens (including phenoxy) is 1. The summed E-state index contributed by atoms with van der Waals surface area (Å²) in [6.45, 7) is 1.82. The van der Waals surface area contributed by atoms with Crippen LogP contribution in [-0.2, 0) is 14.3 Å². The van der Waals surface area contributed by atoms with Crippen molar-refractivity contribution in [3.8, 4) is 0 Å². The van der Waals surface area contributed by atoms with Crippen LogP contribution >= 0.6 is 0 Å². The lowest BCUT2D eigenvalue weighted by molar-refractivity contribution is -0.145. The van der Waals surface area contributed by atoms with Gasteiger partial charge in [0.1, 0.15) is 6.54 Å². The maximum atomic E-state index is 12.5. The number of nitrogens with zero attached hydrogens (tertiary/aromatic N) is 2. The van der Waals surface area contributed by atoms with Crippen LogP contribution < -0.4 is 15.1 Å². The molecule has 1 saturated heterocycles. The molecule has 1 aliphatic rings. The van der Waals surface area contributed by atoms with Gasteiger partial charge in [0.25, 0.3) is 5.91 Å². The third-order valence-corrected chi connectivity index (χ3v) is 5.66. The summed E-state index contributed by atoms with van der Waals surface area (Å²) in [5.41, 5.74) is 3.60. The second kappa shape index (κ2) is 11.2. The minimum absolute atomic E-state index is 0.00579. The number of anilines is 4. The van der Waals surface area contributed by atoms with Crippen molar-refractivity contribution in [2.45, 2.75) is 19.3 Å². The van der Waals surface area contributed by atoms with Crippen molar-refractivity contribution < 1.29 is 14.3 Å². The minimum atomic E-state index is -0.474. The van der Waals surface area contributed by atoms with Crippen LogP contribution in [0, 0.1) is 0 Å². The van der Waals surface area contributed by atoms with E-state index in [-0.39, 0.29) is 19.1 Å². The van der Waals surface area contributed by atoms with E-state index in [9.17, 15) is 9.59 Å². The average Bonchev–Trinajstić information content (AvgIpc) is 2.88. The Morgan fingerprint density at radius 1 is 0.788 bits per heavy atom. The summed E-state index contributed by atoms with van der Waals surface area (Å²) >= 11 is 0. The van der Waals surface area contributed by atoms with Crippen molar-refractivity contribution in [3.05, 3.63) is 84.9 Å². The van der Waals surface area contributed by atoms with Gasteiger partial charge in [-0.05, 0) is 67.8 Å². The van der Waals surface area contributed by atoms with Gasteiger partial charge < -0.3 is 19.9 Å². The van der Waals surface area contributed by atoms with Gasteiger partial charge in [-0.1, -0.05) is 36.4 Å². The third kappa shape index (κ3) is 6.35. The molecule has 0 saturated carbocycles. The van der Waals surface area contributed by atoms with Crippen molar-refractivity contribution in [1.82, 2.24) is 0 Å². The van der Waals surface area contributed by atoms with Gasteiger partial charge in [0.2, 0.25) is 0 Å². The van der Waals surface area contributed by atoms with Crippen molar-refractivity contribution in [2.75, 3.05) is 41.4 Å². The lowest BCUT2D eigenvalue weighted by Crippen LogP contribution is -2.29. The topological polar surface area (TPSA) is 61.9 Å². The normalized spacial score (nSPS) is 13.3. The largest absolute Gasteiger partial charge is 0.454 e. The van der Waals surface area contributed by atoms with E-state index in [1.54, 1.807) is 0 Å². The van der Waals surface area contributed by atoms with Gasteiger partial charge in [0, 0.05) is 35.8 Å². The maximum absolute atomic E-state index is 12.5. The van der Waals surface area contributed by atoms with E-state index in [0.717, 1.165) is 24.5 Å². The Labute approximate surface area is 194 Å². The summed E-state index contributed by atoms with van der Waals surface area (Å²) in [6, 6.07) is 27.1. The predicted molar refractivity (Wildman–Crippen MR) is 132 cm³/mol. The first-order valence-corrected chi connectivity index (χ1v) is 11.4. The molecule has 6 nitrogen and oxygen atoms in total. The second-order valence-corrected chi connectivity index (χ2v) is 8.06. The van der Waals surface area contributed by atoms with Crippen molar-refractivity contribution in [1.29, 1.82) is 0 Å². The van der Waals surface area contributed by atoms with E-state index in [2.05, 4.69) is 10.2 Å². The molecular weight excluding hydrogens is 414 g/mol. The highest BCUT2D eigenvalue weighted by molar-refractivity contribution is 5.93. The van der Waals surface area contributed by atoms with Gasteiger partial charge in [0.05, 0.1) is 0 Å². The number of benzene rings is 3. The molecule has 3 aromatic rings. The molecule has 3 aromatic carbocycles. The molecule has 0 bridgehead atoms. The van der Waals surface area contributed by atoms with Gasteiger partial charge in [-0.15, -0.1) is 0 Å². The molecule has 0 spiro atoms. The summed E-state index contributed by atoms with van der Waals surface area (Å²) in [6.07, 6.45) is 3.73. The Kier molecular flexibility index (Phi) is 7.59. The van der Waals surface area contributed by atoms with Crippen LogP contribution in [0.15, 0.2) is 84.9 Å². The Morgan fingerprint density at radius 2 is 1.36 bits per heavy atom. The van der Waals surface area contributed by atoms with Crippen LogP contribution in [0.2, 0.25) is 0 Å². The Balaban J connectivity index is 1.30. The van der Waals surface area contributed by atoms with E-state index in [1.165, 1.54) is 24.9 Å². The highest BCUT2D eigenvalue weighted by Crippen LogP contribution is 2.25. The molecule has 0 atom stereocenters. The number of hydrogen-bond donors (Lipinski definition) is 1. The lowest BCUT2D eigenvalue weighted by atomic mass is 10.1. The Morgan fingerprint density at radius 3 is 1.94 bits per heavy atom. The monoisotopic (exact) mass is 443 g/mol. The highest BCUT2D eigenvalue weighted by Gasteiger charge is 2.16. The Hall–Kier alpha value is -3.80. The second-order valence-electron chi connectivity index (χ2n) is 8.06. The smallest absolute Gasteiger partial charge is 0.326 e. The molecule has 1 fully saturated rings. The van der Waals surface area contributed by atoms with E-state index < -0.39 is 5.97 Å². The molecule has 6 heteroatoms. The van der Waals surface area contributed by atoms with Crippen molar-refractivity contribution >= 4 is 34.6 Å². The molecule has 4 rings (SSSR count). The van der Waals surface area contributed by atoms with Gasteiger partial charge in [-0.3, -0.25) is 9.59 Å². The first-order chi connectivity index (χ1) is 16.2. The highest BCUT2D eigenvalue weighted by atomic mass is 16.5. The molecule has 170 valence electrons. The standard InChI is InChI=1S/C27H29N3O3/c31-26(28-22-14-16-23(17-15-22)29-18-8-3-9-19-29)21-33-27(32)20-30(24-10-4-1-5-11-24)25-12-6-2-7-13-25/h1-2,4-7,10-17H,3,8-9,18-21H2,(H,28,31). The van der Waals surface area contributed by atoms with E-state index >= 15 is 0 Å². The van der Waals surface area contributed by atoms with E-state index in [4.69, 9.17) is 4.74 Å². The van der Waals surface area contributed by atoms with Crippen LogP contribution in [0.4, 0.5) is 22.7 Å². The van der Waals surface area contributed by atoms with Crippen LogP contribution in [0.5, 0.6) is 0 Å². The summed E-state index contributed by atoms with van der Waals surface area (Å²) < 4.78 is 5.27. The number of piperidine rings is 1. The number of amides is 1. The van der Waals surface area contributed by atoms with Gasteiger partial charge in [0.15, 0.2) is 6.61 Å². The summed E-state index contributed by atoms with van der Waals surface area (Å²) in [4.78, 5) is 29.1. The number of para-hydroxylation sites is 2. The van der Waals surface area contributed by atoms with Crippen molar-refractivity contribution in [3.63, 3.8) is 0 Å². The number of carbonyl (C=O) groups is 2. The number of hydrogen-bond acceptors (Lipinski definition) is 5. The Bertz CT molecular complexity index is 994. The first kappa shape index (κ1) is 22.4. The van der Waals surface area contributed by atoms with Gasteiger partial charge >= 0.3 is 5.97 Å². The summed E-state index contributed by atoms with van der Waals surface area (Å²) in [7, 11) is 0. The molecule has 0 radical (unpaired) electrons. The molecule has 0 aliphatic carbocycles. The number of nitrogens with one attached hydrogen (secondary N) is 1. The lowest BCUT2D eigenvalue weighted by Gasteiger charge is -2.28. The quantitative estimate of drug-likeness (QED) is 0.497. The van der Waals surface area contributed by atoms with Crippen LogP contribution in [0.1, 0.15) is 19.3 Å². The molecule has 1 N–H and O–H groups in total. The fraction of sp³-hybridized carbons (Fsp3) is 0.259. The van der Waals surface area contributed by atoms with E-state index in [0.29, 0.717) is 5.69 Å². The fourth-order valence-electron chi connectivity index (χ4n) is 3.97. The summed E-state index contributed by atoms with van der Waals surface area (Å²) in [5, 5.41) is 2.80. The molecule has 0 aromatic heterocycles. The average molecular weight is 444 g/mol. The molecule has 1 aliphatic heterocycles. The minimum Gasteiger partial charge on any atom is -0.454 e. The number of rotatable bonds is 8. The summed E-state index contributed by atoms with van der Waals surface area (Å²) in [5.74, 6) is -0.835. The molecule has 1 amide bonds. The maximum Gasteiger partial charge on any atom is 0.326 e. The zero-order chi connectivity index (χ0) is 22.9.